The molecule has 2 aliphatic heterocycles. The molecule has 2 aromatic carbocycles. The van der Waals surface area contributed by atoms with Crippen molar-refractivity contribution in [2.45, 2.75) is 46.3 Å². The third kappa shape index (κ3) is 4.68. The van der Waals surface area contributed by atoms with Gasteiger partial charge in [0.05, 0.1) is 18.2 Å². The Morgan fingerprint density at radius 3 is 2.19 bits per heavy atom. The molecule has 0 saturated carbocycles. The Bertz CT molecular complexity index is 1020. The van der Waals surface area contributed by atoms with Crippen molar-refractivity contribution in [2.24, 2.45) is 5.92 Å². The lowest BCUT2D eigenvalue weighted by Gasteiger charge is -2.32. The summed E-state index contributed by atoms with van der Waals surface area (Å²) >= 11 is 6.00. The predicted molar refractivity (Wildman–Crippen MR) is 126 cm³/mol. The maximum atomic E-state index is 13.5. The van der Waals surface area contributed by atoms with Crippen LogP contribution in [0.1, 0.15) is 44.7 Å². The highest BCUT2D eigenvalue weighted by atomic mass is 35.5. The van der Waals surface area contributed by atoms with Gasteiger partial charge in [-0.2, -0.15) is 0 Å². The largest absolute Gasteiger partial charge is 0.491 e. The van der Waals surface area contributed by atoms with Crippen molar-refractivity contribution in [2.75, 3.05) is 13.1 Å². The van der Waals surface area contributed by atoms with Gasteiger partial charge in [0.2, 0.25) is 0 Å². The zero-order valence-electron chi connectivity index (χ0n) is 18.8. The van der Waals surface area contributed by atoms with E-state index in [-0.39, 0.29) is 24.5 Å². The van der Waals surface area contributed by atoms with Crippen LogP contribution in [0.15, 0.2) is 54.2 Å². The van der Waals surface area contributed by atoms with Gasteiger partial charge in [-0.15, -0.1) is 0 Å². The van der Waals surface area contributed by atoms with Crippen LogP contribution < -0.4 is 4.74 Å². The molecule has 4 rings (SSSR count). The van der Waals surface area contributed by atoms with E-state index in [0.717, 1.165) is 42.8 Å². The number of benzene rings is 2. The number of carbonyl (C=O) groups excluding carboxylic acids is 2. The summed E-state index contributed by atoms with van der Waals surface area (Å²) in [5.41, 5.74) is 2.61. The summed E-state index contributed by atoms with van der Waals surface area (Å²) in [7, 11) is 0. The van der Waals surface area contributed by atoms with Crippen LogP contribution in [0.3, 0.4) is 0 Å². The van der Waals surface area contributed by atoms with E-state index in [1.165, 1.54) is 4.90 Å². The summed E-state index contributed by atoms with van der Waals surface area (Å²) in [6, 6.07) is 14.7. The first-order valence-electron chi connectivity index (χ1n) is 11.2. The second-order valence-corrected chi connectivity index (χ2v) is 9.34. The quantitative estimate of drug-likeness (QED) is 0.569. The Balaban J connectivity index is 1.68. The average Bonchev–Trinajstić information content (AvgIpc) is 3.01. The Kier molecular flexibility index (Phi) is 6.56. The average molecular weight is 453 g/mol. The zero-order valence-corrected chi connectivity index (χ0v) is 19.6. The minimum absolute atomic E-state index is 0.0653. The monoisotopic (exact) mass is 452 g/mol. The van der Waals surface area contributed by atoms with Crippen LogP contribution in [0.5, 0.6) is 5.75 Å². The van der Waals surface area contributed by atoms with E-state index < -0.39 is 0 Å². The number of amides is 2. The molecule has 2 amide bonds. The second kappa shape index (κ2) is 9.37. The molecule has 2 aliphatic rings. The molecule has 0 N–H and O–H groups in total. The van der Waals surface area contributed by atoms with E-state index >= 15 is 0 Å². The van der Waals surface area contributed by atoms with E-state index in [4.69, 9.17) is 16.3 Å². The first kappa shape index (κ1) is 22.4. The summed E-state index contributed by atoms with van der Waals surface area (Å²) in [5, 5.41) is 0.624. The molecule has 0 aromatic heterocycles. The molecule has 5 nitrogen and oxygen atoms in total. The molecule has 0 atom stereocenters. The molecule has 168 valence electrons. The Hall–Kier alpha value is -2.79. The number of piperidine rings is 1. The highest BCUT2D eigenvalue weighted by Crippen LogP contribution is 2.35. The van der Waals surface area contributed by atoms with Crippen LogP contribution in [-0.4, -0.2) is 40.8 Å². The molecule has 0 radical (unpaired) electrons. The van der Waals surface area contributed by atoms with Gasteiger partial charge >= 0.3 is 0 Å². The molecular weight excluding hydrogens is 424 g/mol. The molecule has 2 heterocycles. The van der Waals surface area contributed by atoms with Gasteiger partial charge in [0.25, 0.3) is 11.8 Å². The van der Waals surface area contributed by atoms with Crippen molar-refractivity contribution in [3.05, 3.63) is 70.4 Å². The molecule has 0 spiro atoms. The third-order valence-corrected chi connectivity index (χ3v) is 6.26. The minimum Gasteiger partial charge on any atom is -0.491 e. The lowest BCUT2D eigenvalue weighted by atomic mass is 9.97. The van der Waals surface area contributed by atoms with Gasteiger partial charge in [0.15, 0.2) is 0 Å². The standard InChI is InChI=1S/C26H29ClN2O3/c1-17(2)32-22-10-6-20(7-11-22)23-24(28-14-12-18(3)13-15-28)26(31)29(25(23)30)16-19-4-8-21(27)9-5-19/h4-11,17-18H,12-16H2,1-3H3. The first-order chi connectivity index (χ1) is 15.3. The van der Waals surface area contributed by atoms with Crippen molar-refractivity contribution < 1.29 is 14.3 Å². The maximum absolute atomic E-state index is 13.5. The highest BCUT2D eigenvalue weighted by Gasteiger charge is 2.42. The number of likely N-dealkylation sites (tertiary alicyclic amines) is 1. The lowest BCUT2D eigenvalue weighted by Crippen LogP contribution is -2.38. The van der Waals surface area contributed by atoms with Crippen LogP contribution in [0.2, 0.25) is 5.02 Å². The Morgan fingerprint density at radius 2 is 1.59 bits per heavy atom. The van der Waals surface area contributed by atoms with Crippen molar-refractivity contribution in [3.8, 4) is 5.75 Å². The number of nitrogens with zero attached hydrogens (tertiary/aromatic N) is 2. The molecule has 2 aromatic rings. The fourth-order valence-electron chi connectivity index (χ4n) is 4.24. The summed E-state index contributed by atoms with van der Waals surface area (Å²) in [4.78, 5) is 30.5. The molecule has 1 saturated heterocycles. The van der Waals surface area contributed by atoms with Crippen molar-refractivity contribution >= 4 is 29.0 Å². The van der Waals surface area contributed by atoms with Crippen molar-refractivity contribution in [1.82, 2.24) is 9.80 Å². The van der Waals surface area contributed by atoms with Crippen LogP contribution in [-0.2, 0) is 16.1 Å². The van der Waals surface area contributed by atoms with Crippen molar-refractivity contribution in [1.29, 1.82) is 0 Å². The number of ether oxygens (including phenoxy) is 1. The van der Waals surface area contributed by atoms with Gasteiger partial charge in [-0.3, -0.25) is 14.5 Å². The normalized spacial score (nSPS) is 17.7. The summed E-state index contributed by atoms with van der Waals surface area (Å²) in [6.07, 6.45) is 2.09. The smallest absolute Gasteiger partial charge is 0.278 e. The van der Waals surface area contributed by atoms with E-state index in [9.17, 15) is 9.59 Å². The summed E-state index contributed by atoms with van der Waals surface area (Å²) in [5.74, 6) is 0.890. The zero-order chi connectivity index (χ0) is 22.8. The SMILES string of the molecule is CC1CCN(C2=C(c3ccc(OC(C)C)cc3)C(=O)N(Cc3ccc(Cl)cc3)C2=O)CC1. The number of halogens is 1. The predicted octanol–water partition coefficient (Wildman–Crippen LogP) is 5.14. The van der Waals surface area contributed by atoms with Gasteiger partial charge in [0, 0.05) is 18.1 Å². The van der Waals surface area contributed by atoms with Crippen LogP contribution >= 0.6 is 11.6 Å². The van der Waals surface area contributed by atoms with Crippen LogP contribution in [0, 0.1) is 5.92 Å². The summed E-state index contributed by atoms with van der Waals surface area (Å²) in [6.45, 7) is 7.96. The number of hydrogen-bond donors (Lipinski definition) is 0. The van der Waals surface area contributed by atoms with Gasteiger partial charge in [-0.1, -0.05) is 42.8 Å². The highest BCUT2D eigenvalue weighted by molar-refractivity contribution is 6.35. The van der Waals surface area contributed by atoms with E-state index in [0.29, 0.717) is 22.2 Å². The molecule has 0 aliphatic carbocycles. The molecule has 6 heteroatoms. The van der Waals surface area contributed by atoms with Gasteiger partial charge in [0.1, 0.15) is 11.4 Å². The van der Waals surface area contributed by atoms with Gasteiger partial charge in [-0.25, -0.2) is 0 Å². The lowest BCUT2D eigenvalue weighted by molar-refractivity contribution is -0.138. The van der Waals surface area contributed by atoms with Gasteiger partial charge in [-0.05, 0) is 68.0 Å². The first-order valence-corrected chi connectivity index (χ1v) is 11.6. The molecule has 0 unspecified atom stereocenters. The van der Waals surface area contributed by atoms with Crippen LogP contribution in [0.4, 0.5) is 0 Å². The Morgan fingerprint density at radius 1 is 0.969 bits per heavy atom. The summed E-state index contributed by atoms with van der Waals surface area (Å²) < 4.78 is 5.74. The van der Waals surface area contributed by atoms with Crippen molar-refractivity contribution in [3.63, 3.8) is 0 Å². The fourth-order valence-corrected chi connectivity index (χ4v) is 4.36. The number of rotatable bonds is 6. The van der Waals surface area contributed by atoms with Crippen LogP contribution in [0.25, 0.3) is 5.57 Å². The molecule has 0 bridgehead atoms. The molecule has 1 fully saturated rings. The number of hydrogen-bond acceptors (Lipinski definition) is 4. The van der Waals surface area contributed by atoms with E-state index in [1.807, 2.05) is 50.2 Å². The molecule has 32 heavy (non-hydrogen) atoms. The maximum Gasteiger partial charge on any atom is 0.278 e. The fraction of sp³-hybridized carbons (Fsp3) is 0.385. The van der Waals surface area contributed by atoms with E-state index in [2.05, 4.69) is 11.8 Å². The minimum atomic E-state index is -0.254. The topological polar surface area (TPSA) is 49.9 Å². The second-order valence-electron chi connectivity index (χ2n) is 8.91. The van der Waals surface area contributed by atoms with E-state index in [1.54, 1.807) is 12.1 Å². The third-order valence-electron chi connectivity index (χ3n) is 6.01. The number of carbonyl (C=O) groups is 2. The molecular formula is C26H29ClN2O3. The van der Waals surface area contributed by atoms with Gasteiger partial charge < -0.3 is 9.64 Å². The Labute approximate surface area is 194 Å². The number of imide groups is 1.